The van der Waals surface area contributed by atoms with Crippen molar-refractivity contribution in [2.24, 2.45) is 11.3 Å². The summed E-state index contributed by atoms with van der Waals surface area (Å²) in [6, 6.07) is 0. The molecule has 148 valence electrons. The third kappa shape index (κ3) is 3.35. The Labute approximate surface area is 152 Å². The molecule has 0 radical (unpaired) electrons. The predicted molar refractivity (Wildman–Crippen MR) is 88.9 cm³/mol. The van der Waals surface area contributed by atoms with Crippen molar-refractivity contribution >= 4 is 5.78 Å². The Morgan fingerprint density at radius 1 is 1.23 bits per heavy atom. The van der Waals surface area contributed by atoms with Gasteiger partial charge < -0.3 is 35.0 Å². The molecule has 0 bridgehead atoms. The fraction of sp³-hybridized carbons (Fsp3) is 0.833. The molecule has 26 heavy (non-hydrogen) atoms. The van der Waals surface area contributed by atoms with E-state index in [1.54, 1.807) is 0 Å². The maximum atomic E-state index is 12.0. The number of hydrogen-bond donors (Lipinski definition) is 5. The lowest BCUT2D eigenvalue weighted by molar-refractivity contribution is -0.307. The van der Waals surface area contributed by atoms with Crippen LogP contribution in [0, 0.1) is 11.3 Å². The molecular formula is C18H28O8. The molecule has 3 rings (SSSR count). The van der Waals surface area contributed by atoms with E-state index in [-0.39, 0.29) is 23.7 Å². The standard InChI is InChI=1S/C18H28O8/c1-17(2)6-9(20)5-11-10(17)3-4-18(11,24)8-25-16-15(23)14(22)13(21)12(7-19)26-16/h5,10,12-16,19,21-24H,3-4,6-8H2,1-2H3/t10?,12-,13-,14+,15-,16+,18+/m1/s1. The second-order valence-electron chi connectivity index (χ2n) is 8.36. The van der Waals surface area contributed by atoms with E-state index in [4.69, 9.17) is 9.47 Å². The van der Waals surface area contributed by atoms with Crippen molar-refractivity contribution in [1.82, 2.24) is 0 Å². The van der Waals surface area contributed by atoms with Crippen LogP contribution in [-0.4, -0.2) is 80.8 Å². The average Bonchev–Trinajstić information content (AvgIpc) is 2.90. The van der Waals surface area contributed by atoms with Gasteiger partial charge in [0.15, 0.2) is 12.1 Å². The molecule has 1 saturated carbocycles. The van der Waals surface area contributed by atoms with Gasteiger partial charge in [0.25, 0.3) is 0 Å². The second-order valence-corrected chi connectivity index (χ2v) is 8.36. The predicted octanol–water partition coefficient (Wildman–Crippen LogP) is -1.13. The summed E-state index contributed by atoms with van der Waals surface area (Å²) >= 11 is 0. The van der Waals surface area contributed by atoms with E-state index in [0.717, 1.165) is 6.42 Å². The minimum atomic E-state index is -1.54. The molecule has 8 nitrogen and oxygen atoms in total. The summed E-state index contributed by atoms with van der Waals surface area (Å²) in [5, 5.41) is 49.9. The Morgan fingerprint density at radius 3 is 2.58 bits per heavy atom. The fourth-order valence-electron chi connectivity index (χ4n) is 4.43. The molecule has 5 N–H and O–H groups in total. The molecule has 7 atom stereocenters. The number of allylic oxidation sites excluding steroid dienone is 1. The van der Waals surface area contributed by atoms with Gasteiger partial charge in [-0.3, -0.25) is 4.79 Å². The monoisotopic (exact) mass is 372 g/mol. The lowest BCUT2D eigenvalue weighted by Gasteiger charge is -2.41. The van der Waals surface area contributed by atoms with Crippen LogP contribution in [0.2, 0.25) is 0 Å². The van der Waals surface area contributed by atoms with Gasteiger partial charge in [0.1, 0.15) is 30.0 Å². The Balaban J connectivity index is 1.72. The summed E-state index contributed by atoms with van der Waals surface area (Å²) in [5.41, 5.74) is -0.950. The van der Waals surface area contributed by atoms with Gasteiger partial charge in [-0.05, 0) is 35.8 Å². The van der Waals surface area contributed by atoms with E-state index in [1.165, 1.54) is 6.08 Å². The third-order valence-electron chi connectivity index (χ3n) is 5.98. The number of carbonyl (C=O) groups excluding carboxylic acids is 1. The van der Waals surface area contributed by atoms with Crippen molar-refractivity contribution in [3.63, 3.8) is 0 Å². The quantitative estimate of drug-likeness (QED) is 0.418. The number of ether oxygens (including phenoxy) is 2. The number of rotatable bonds is 4. The number of aliphatic hydroxyl groups is 5. The van der Waals surface area contributed by atoms with Gasteiger partial charge in [-0.1, -0.05) is 13.8 Å². The molecule has 1 unspecified atom stereocenters. The number of hydrogen-bond acceptors (Lipinski definition) is 8. The lowest BCUT2D eigenvalue weighted by Crippen LogP contribution is -2.59. The van der Waals surface area contributed by atoms with E-state index in [9.17, 15) is 30.3 Å². The van der Waals surface area contributed by atoms with Crippen LogP contribution in [0.3, 0.4) is 0 Å². The Morgan fingerprint density at radius 2 is 1.92 bits per heavy atom. The summed E-state index contributed by atoms with van der Waals surface area (Å²) in [5.74, 6) is 0.0398. The summed E-state index contributed by atoms with van der Waals surface area (Å²) in [6.07, 6.45) is -3.82. The zero-order chi connectivity index (χ0) is 19.3. The number of ketones is 1. The first-order valence-corrected chi connectivity index (χ1v) is 8.98. The molecule has 1 saturated heterocycles. The van der Waals surface area contributed by atoms with Crippen LogP contribution >= 0.6 is 0 Å². The second kappa shape index (κ2) is 6.94. The third-order valence-corrected chi connectivity index (χ3v) is 5.98. The Hall–Kier alpha value is -0.870. The lowest BCUT2D eigenvalue weighted by atomic mass is 9.68. The number of fused-ring (bicyclic) bond motifs is 1. The van der Waals surface area contributed by atoms with Crippen molar-refractivity contribution in [2.75, 3.05) is 13.2 Å². The highest BCUT2D eigenvalue weighted by Gasteiger charge is 2.52. The minimum Gasteiger partial charge on any atom is -0.394 e. The van der Waals surface area contributed by atoms with Crippen molar-refractivity contribution < 1.29 is 39.8 Å². The van der Waals surface area contributed by atoms with Gasteiger partial charge >= 0.3 is 0 Å². The van der Waals surface area contributed by atoms with Crippen molar-refractivity contribution in [3.8, 4) is 0 Å². The summed E-state index contributed by atoms with van der Waals surface area (Å²) < 4.78 is 10.8. The van der Waals surface area contributed by atoms with E-state index in [2.05, 4.69) is 0 Å². The summed E-state index contributed by atoms with van der Waals surface area (Å²) in [6.45, 7) is 3.24. The van der Waals surface area contributed by atoms with Crippen LogP contribution in [-0.2, 0) is 14.3 Å². The number of carbonyl (C=O) groups is 1. The first-order chi connectivity index (χ1) is 12.1. The van der Waals surface area contributed by atoms with Gasteiger partial charge in [0.2, 0.25) is 0 Å². The molecule has 0 amide bonds. The molecule has 1 aliphatic heterocycles. The molecule has 0 aromatic heterocycles. The van der Waals surface area contributed by atoms with E-state index >= 15 is 0 Å². The summed E-state index contributed by atoms with van der Waals surface area (Å²) in [4.78, 5) is 12.0. The highest BCUT2D eigenvalue weighted by molar-refractivity contribution is 5.92. The molecule has 3 aliphatic rings. The highest BCUT2D eigenvalue weighted by Crippen LogP contribution is 2.52. The Bertz CT molecular complexity index is 586. The molecule has 0 aromatic carbocycles. The molecule has 2 fully saturated rings. The van der Waals surface area contributed by atoms with E-state index < -0.39 is 42.9 Å². The molecule has 2 aliphatic carbocycles. The maximum absolute atomic E-state index is 12.0. The van der Waals surface area contributed by atoms with E-state index in [0.29, 0.717) is 18.4 Å². The van der Waals surface area contributed by atoms with Gasteiger partial charge in [-0.15, -0.1) is 0 Å². The number of aliphatic hydroxyl groups excluding tert-OH is 4. The van der Waals surface area contributed by atoms with Gasteiger partial charge in [0.05, 0.1) is 13.2 Å². The minimum absolute atomic E-state index is 0.0329. The van der Waals surface area contributed by atoms with Gasteiger partial charge in [-0.2, -0.15) is 0 Å². The van der Waals surface area contributed by atoms with Crippen LogP contribution in [0.4, 0.5) is 0 Å². The molecule has 1 heterocycles. The zero-order valence-corrected chi connectivity index (χ0v) is 15.0. The van der Waals surface area contributed by atoms with Crippen molar-refractivity contribution in [2.45, 2.75) is 69.4 Å². The highest BCUT2D eigenvalue weighted by atomic mass is 16.7. The van der Waals surface area contributed by atoms with Crippen molar-refractivity contribution in [3.05, 3.63) is 11.6 Å². The zero-order valence-electron chi connectivity index (χ0n) is 15.0. The fourth-order valence-corrected chi connectivity index (χ4v) is 4.43. The van der Waals surface area contributed by atoms with Crippen LogP contribution in [0.5, 0.6) is 0 Å². The molecule has 0 spiro atoms. The topological polar surface area (TPSA) is 137 Å². The van der Waals surface area contributed by atoms with Crippen molar-refractivity contribution in [1.29, 1.82) is 0 Å². The Kier molecular flexibility index (Phi) is 5.31. The van der Waals surface area contributed by atoms with Gasteiger partial charge in [-0.25, -0.2) is 0 Å². The summed E-state index contributed by atoms with van der Waals surface area (Å²) in [7, 11) is 0. The maximum Gasteiger partial charge on any atom is 0.186 e. The average molecular weight is 372 g/mol. The first kappa shape index (κ1) is 19.9. The molecular weight excluding hydrogens is 344 g/mol. The van der Waals surface area contributed by atoms with Crippen LogP contribution in [0.15, 0.2) is 11.6 Å². The SMILES string of the molecule is CC1(C)CC(=O)C=C2C1CC[C@]2(O)CO[C@H]1O[C@H](CO)[C@@H](O)[C@H](O)[C@H]1O. The van der Waals surface area contributed by atoms with Crippen LogP contribution in [0.1, 0.15) is 33.1 Å². The largest absolute Gasteiger partial charge is 0.394 e. The smallest absolute Gasteiger partial charge is 0.186 e. The first-order valence-electron chi connectivity index (χ1n) is 8.98. The van der Waals surface area contributed by atoms with Crippen LogP contribution in [0.25, 0.3) is 0 Å². The molecule has 8 heteroatoms. The van der Waals surface area contributed by atoms with E-state index in [1.807, 2.05) is 13.8 Å². The molecule has 0 aromatic rings. The van der Waals surface area contributed by atoms with Crippen LogP contribution < -0.4 is 0 Å². The van der Waals surface area contributed by atoms with Gasteiger partial charge in [0, 0.05) is 6.42 Å². The normalized spacial score (nSPS) is 45.3.